The van der Waals surface area contributed by atoms with E-state index in [9.17, 15) is 14.7 Å². The number of β-amino-alcohol motifs (C(OH)–C–C–N with tert-alkyl or cyclic N) is 1. The Bertz CT molecular complexity index is 771. The summed E-state index contributed by atoms with van der Waals surface area (Å²) in [6.07, 6.45) is 4.60. The van der Waals surface area contributed by atoms with Crippen LogP contribution in [0, 0.1) is 5.92 Å². The van der Waals surface area contributed by atoms with Crippen LogP contribution in [-0.4, -0.2) is 76.6 Å². The molecule has 2 fully saturated rings. The maximum absolute atomic E-state index is 13.2. The molecule has 0 saturated carbocycles. The number of hydrogen-bond acceptors (Lipinski definition) is 4. The number of likely N-dealkylation sites (tertiary alicyclic amines) is 2. The first-order valence-electron chi connectivity index (χ1n) is 11.3. The largest absolute Gasteiger partial charge is 0.392 e. The fourth-order valence-corrected chi connectivity index (χ4v) is 5.38. The van der Waals surface area contributed by atoms with Gasteiger partial charge in [-0.2, -0.15) is 0 Å². The zero-order chi connectivity index (χ0) is 21.1. The molecule has 0 spiro atoms. The van der Waals surface area contributed by atoms with Gasteiger partial charge in [-0.15, -0.1) is 0 Å². The van der Waals surface area contributed by atoms with Crippen molar-refractivity contribution in [3.63, 3.8) is 0 Å². The number of nitrogens with two attached hydrogens (primary N) is 1. The Hall–Kier alpha value is -2.12. The molecule has 30 heavy (non-hydrogen) atoms. The Kier molecular flexibility index (Phi) is 6.58. The molecule has 1 aromatic rings. The zero-order valence-corrected chi connectivity index (χ0v) is 17.7. The number of carbonyl (C=O) groups excluding carboxylic acids is 2. The Morgan fingerprint density at radius 1 is 1.13 bits per heavy atom. The summed E-state index contributed by atoms with van der Waals surface area (Å²) in [6.45, 7) is 4.37. The number of piperidine rings is 2. The second-order valence-electron chi connectivity index (χ2n) is 9.09. The molecule has 0 radical (unpaired) electrons. The van der Waals surface area contributed by atoms with Crippen LogP contribution in [0.3, 0.4) is 0 Å². The molecular formula is C23H34N4O3. The van der Waals surface area contributed by atoms with Crippen molar-refractivity contribution in [3.05, 3.63) is 35.4 Å². The fraction of sp³-hybridized carbons (Fsp3) is 0.652. The lowest BCUT2D eigenvalue weighted by Gasteiger charge is -2.43. The number of aliphatic hydroxyl groups is 1. The number of urea groups is 1. The lowest BCUT2D eigenvalue weighted by molar-refractivity contribution is -0.143. The van der Waals surface area contributed by atoms with Gasteiger partial charge in [0.2, 0.25) is 5.91 Å². The first-order valence-corrected chi connectivity index (χ1v) is 11.3. The molecule has 1 aromatic carbocycles. The summed E-state index contributed by atoms with van der Waals surface area (Å²) in [5, 5.41) is 10.7. The highest BCUT2D eigenvalue weighted by Crippen LogP contribution is 2.28. The topological polar surface area (TPSA) is 90.1 Å². The van der Waals surface area contributed by atoms with Crippen LogP contribution < -0.4 is 5.73 Å². The van der Waals surface area contributed by atoms with Crippen molar-refractivity contribution in [1.82, 2.24) is 14.7 Å². The van der Waals surface area contributed by atoms with Gasteiger partial charge >= 0.3 is 6.03 Å². The number of carbonyl (C=O) groups is 2. The number of nitrogens with zero attached hydrogens (tertiary/aromatic N) is 3. The molecule has 4 rings (SSSR count). The van der Waals surface area contributed by atoms with Crippen LogP contribution in [-0.2, 0) is 17.8 Å². The highest BCUT2D eigenvalue weighted by molar-refractivity contribution is 5.80. The summed E-state index contributed by atoms with van der Waals surface area (Å²) < 4.78 is 0. The monoisotopic (exact) mass is 414 g/mol. The first kappa shape index (κ1) is 21.1. The molecule has 3 atom stereocenters. The molecule has 0 aromatic heterocycles. The van der Waals surface area contributed by atoms with Crippen molar-refractivity contribution in [2.24, 2.45) is 11.7 Å². The van der Waals surface area contributed by atoms with E-state index < -0.39 is 12.1 Å². The van der Waals surface area contributed by atoms with E-state index in [4.69, 9.17) is 5.73 Å². The van der Waals surface area contributed by atoms with Gasteiger partial charge in [0.1, 0.15) is 0 Å². The van der Waals surface area contributed by atoms with Crippen LogP contribution in [0.15, 0.2) is 24.3 Å². The van der Waals surface area contributed by atoms with Crippen molar-refractivity contribution < 1.29 is 14.7 Å². The van der Waals surface area contributed by atoms with Crippen LogP contribution in [0.1, 0.15) is 43.2 Å². The van der Waals surface area contributed by atoms with Gasteiger partial charge in [-0.1, -0.05) is 24.3 Å². The van der Waals surface area contributed by atoms with E-state index in [0.29, 0.717) is 26.1 Å². The van der Waals surface area contributed by atoms with Crippen LogP contribution in [0.25, 0.3) is 0 Å². The second kappa shape index (κ2) is 9.35. The van der Waals surface area contributed by atoms with E-state index in [0.717, 1.165) is 51.7 Å². The minimum atomic E-state index is -0.502. The van der Waals surface area contributed by atoms with Crippen molar-refractivity contribution in [1.29, 1.82) is 0 Å². The summed E-state index contributed by atoms with van der Waals surface area (Å²) in [6, 6.07) is 8.15. The summed E-state index contributed by atoms with van der Waals surface area (Å²) in [4.78, 5) is 30.6. The van der Waals surface area contributed by atoms with E-state index in [1.807, 2.05) is 4.90 Å². The van der Waals surface area contributed by atoms with E-state index in [1.165, 1.54) is 11.1 Å². The highest BCUT2D eigenvalue weighted by Gasteiger charge is 2.36. The Morgan fingerprint density at radius 3 is 2.70 bits per heavy atom. The van der Waals surface area contributed by atoms with Gasteiger partial charge in [-0.3, -0.25) is 9.69 Å². The first-order chi connectivity index (χ1) is 14.5. The SMILES string of the molecule is NC(=O)N1CCCC(N2CCCC(C[C@H](O)CN3CCc4ccccc4C3)C2=O)C1. The van der Waals surface area contributed by atoms with Gasteiger partial charge < -0.3 is 20.6 Å². The molecule has 2 unspecified atom stereocenters. The standard InChI is InChI=1S/C23H34N4O3/c24-23(30)26-10-4-8-20(15-26)27-11-3-7-18(22(27)29)13-21(28)16-25-12-9-17-5-1-2-6-19(17)14-25/h1-2,5-6,18,20-21,28H,3-4,7-16H2,(H2,24,30)/t18?,20?,21-/m0/s1. The summed E-state index contributed by atoms with van der Waals surface area (Å²) in [5.41, 5.74) is 8.19. The van der Waals surface area contributed by atoms with Crippen molar-refractivity contribution >= 4 is 11.9 Å². The average Bonchev–Trinajstić information content (AvgIpc) is 2.75. The quantitative estimate of drug-likeness (QED) is 0.765. The third kappa shape index (κ3) is 4.78. The van der Waals surface area contributed by atoms with Gasteiger partial charge in [0.25, 0.3) is 0 Å². The molecule has 7 heteroatoms. The average molecular weight is 415 g/mol. The smallest absolute Gasteiger partial charge is 0.314 e. The maximum atomic E-state index is 13.2. The molecule has 164 valence electrons. The normalized spacial score (nSPS) is 26.4. The molecule has 0 bridgehead atoms. The van der Waals surface area contributed by atoms with Gasteiger partial charge in [-0.25, -0.2) is 4.79 Å². The minimum Gasteiger partial charge on any atom is -0.392 e. The number of benzene rings is 1. The predicted molar refractivity (Wildman–Crippen MR) is 115 cm³/mol. The third-order valence-electron chi connectivity index (χ3n) is 6.97. The molecule has 7 nitrogen and oxygen atoms in total. The fourth-order valence-electron chi connectivity index (χ4n) is 5.38. The Labute approximate surface area is 178 Å². The van der Waals surface area contributed by atoms with Gasteiger partial charge in [0, 0.05) is 51.2 Å². The number of hydrogen-bond donors (Lipinski definition) is 2. The van der Waals surface area contributed by atoms with Crippen LogP contribution in [0.2, 0.25) is 0 Å². The minimum absolute atomic E-state index is 0.0530. The van der Waals surface area contributed by atoms with Gasteiger partial charge in [-0.05, 0) is 49.7 Å². The molecule has 3 aliphatic rings. The Balaban J connectivity index is 1.31. The molecule has 3 heterocycles. The third-order valence-corrected chi connectivity index (χ3v) is 6.97. The van der Waals surface area contributed by atoms with Crippen LogP contribution in [0.5, 0.6) is 0 Å². The molecule has 2 saturated heterocycles. The van der Waals surface area contributed by atoms with E-state index in [1.54, 1.807) is 4.90 Å². The molecule has 0 aliphatic carbocycles. The molecule has 3 aliphatic heterocycles. The summed E-state index contributed by atoms with van der Waals surface area (Å²) in [5.74, 6) is 0.00962. The van der Waals surface area contributed by atoms with Crippen LogP contribution in [0.4, 0.5) is 4.79 Å². The van der Waals surface area contributed by atoms with E-state index >= 15 is 0 Å². The zero-order valence-electron chi connectivity index (χ0n) is 17.7. The van der Waals surface area contributed by atoms with Crippen molar-refractivity contribution in [2.75, 3.05) is 32.7 Å². The number of aliphatic hydroxyl groups excluding tert-OH is 1. The summed E-state index contributed by atoms with van der Waals surface area (Å²) >= 11 is 0. The van der Waals surface area contributed by atoms with Gasteiger partial charge in [0.15, 0.2) is 0 Å². The Morgan fingerprint density at radius 2 is 1.90 bits per heavy atom. The van der Waals surface area contributed by atoms with Crippen LogP contribution >= 0.6 is 0 Å². The lowest BCUT2D eigenvalue weighted by Crippen LogP contribution is -2.55. The van der Waals surface area contributed by atoms with Crippen molar-refractivity contribution in [3.8, 4) is 0 Å². The van der Waals surface area contributed by atoms with Gasteiger partial charge in [0.05, 0.1) is 6.10 Å². The lowest BCUT2D eigenvalue weighted by atomic mass is 9.89. The maximum Gasteiger partial charge on any atom is 0.314 e. The van der Waals surface area contributed by atoms with E-state index in [-0.39, 0.29) is 17.9 Å². The number of amides is 3. The van der Waals surface area contributed by atoms with E-state index in [2.05, 4.69) is 29.2 Å². The number of fused-ring (bicyclic) bond motifs is 1. The number of rotatable bonds is 5. The van der Waals surface area contributed by atoms with Crippen molar-refractivity contribution in [2.45, 2.75) is 57.2 Å². The second-order valence-corrected chi connectivity index (χ2v) is 9.09. The summed E-state index contributed by atoms with van der Waals surface area (Å²) in [7, 11) is 0. The predicted octanol–water partition coefficient (Wildman–Crippen LogP) is 1.58. The number of primary amides is 1. The molecule has 3 amide bonds. The molecule has 3 N–H and O–H groups in total. The highest BCUT2D eigenvalue weighted by atomic mass is 16.3. The molecular weight excluding hydrogens is 380 g/mol.